The van der Waals surface area contributed by atoms with E-state index in [1.807, 2.05) is 6.07 Å². The zero-order valence-corrected chi connectivity index (χ0v) is 11.2. The lowest BCUT2D eigenvalue weighted by molar-refractivity contribution is 0.236. The second kappa shape index (κ2) is 5.38. The molecule has 1 heteroatoms. The predicted octanol–water partition coefficient (Wildman–Crippen LogP) is 4.45. The number of benzene rings is 1. The lowest BCUT2D eigenvalue weighted by Gasteiger charge is -2.24. The van der Waals surface area contributed by atoms with Gasteiger partial charge in [0, 0.05) is 0 Å². The molecule has 0 N–H and O–H groups in total. The van der Waals surface area contributed by atoms with E-state index in [0.29, 0.717) is 5.41 Å². The molecule has 0 aliphatic heterocycles. The highest BCUT2D eigenvalue weighted by atomic mass is 16.5. The van der Waals surface area contributed by atoms with Crippen LogP contribution in [-0.4, -0.2) is 6.10 Å². The summed E-state index contributed by atoms with van der Waals surface area (Å²) in [5.41, 5.74) is 1.67. The van der Waals surface area contributed by atoms with Gasteiger partial charge in [-0.25, -0.2) is 0 Å². The summed E-state index contributed by atoms with van der Waals surface area (Å²) in [6.45, 7) is 11.0. The molecule has 0 fully saturated rings. The van der Waals surface area contributed by atoms with Crippen LogP contribution in [-0.2, 0) is 6.42 Å². The van der Waals surface area contributed by atoms with E-state index in [2.05, 4.69) is 52.8 Å². The van der Waals surface area contributed by atoms with E-state index in [9.17, 15) is 0 Å². The summed E-state index contributed by atoms with van der Waals surface area (Å²) in [6.07, 6.45) is 2.50. The molecule has 0 unspecified atom stereocenters. The van der Waals surface area contributed by atoms with Crippen LogP contribution in [0.25, 0.3) is 0 Å². The van der Waals surface area contributed by atoms with Crippen LogP contribution in [0.15, 0.2) is 24.3 Å². The Balaban J connectivity index is 2.86. The fourth-order valence-corrected chi connectivity index (χ4v) is 1.66. The Labute approximate surface area is 99.8 Å². The fourth-order valence-electron chi connectivity index (χ4n) is 1.66. The van der Waals surface area contributed by atoms with Crippen LogP contribution in [0.4, 0.5) is 0 Å². The molecule has 1 rings (SSSR count). The van der Waals surface area contributed by atoms with Crippen LogP contribution >= 0.6 is 0 Å². The monoisotopic (exact) mass is 220 g/mol. The summed E-state index contributed by atoms with van der Waals surface area (Å²) in [7, 11) is 0. The van der Waals surface area contributed by atoms with Gasteiger partial charge in [-0.3, -0.25) is 0 Å². The molecular formula is C15H24O. The van der Waals surface area contributed by atoms with Crippen LogP contribution in [0.1, 0.15) is 46.6 Å². The Kier molecular flexibility index (Phi) is 4.40. The van der Waals surface area contributed by atoms with Crippen molar-refractivity contribution in [3.8, 4) is 5.75 Å². The molecule has 1 aromatic carbocycles. The molecule has 0 bridgehead atoms. The van der Waals surface area contributed by atoms with Gasteiger partial charge in [-0.05, 0) is 37.3 Å². The van der Waals surface area contributed by atoms with Crippen LogP contribution in [0, 0.1) is 5.41 Å². The lowest BCUT2D eigenvalue weighted by Crippen LogP contribution is -2.15. The van der Waals surface area contributed by atoms with Crippen molar-refractivity contribution < 1.29 is 4.74 Å². The number of rotatable bonds is 5. The van der Waals surface area contributed by atoms with E-state index in [1.165, 1.54) is 12.0 Å². The van der Waals surface area contributed by atoms with Gasteiger partial charge in [-0.15, -0.1) is 0 Å². The summed E-state index contributed by atoms with van der Waals surface area (Å²) in [6, 6.07) is 8.38. The molecule has 16 heavy (non-hydrogen) atoms. The predicted molar refractivity (Wildman–Crippen MR) is 70.0 cm³/mol. The van der Waals surface area contributed by atoms with Gasteiger partial charge in [-0.1, -0.05) is 45.4 Å². The van der Waals surface area contributed by atoms with E-state index >= 15 is 0 Å². The third-order valence-electron chi connectivity index (χ3n) is 2.96. The summed E-state index contributed by atoms with van der Waals surface area (Å²) in [5, 5.41) is 0. The molecule has 90 valence electrons. The van der Waals surface area contributed by atoms with Crippen molar-refractivity contribution in [2.24, 2.45) is 5.41 Å². The van der Waals surface area contributed by atoms with E-state index in [-0.39, 0.29) is 6.10 Å². The van der Waals surface area contributed by atoms with Crippen molar-refractivity contribution in [2.45, 2.75) is 53.6 Å². The standard InChI is InChI=1S/C15H24O/c1-6-15(4,5)11-13-9-7-8-10-14(13)16-12(2)3/h7-10,12H,6,11H2,1-5H3. The first kappa shape index (κ1) is 13.1. The quantitative estimate of drug-likeness (QED) is 0.712. The topological polar surface area (TPSA) is 9.23 Å². The molecule has 1 nitrogen and oxygen atoms in total. The van der Waals surface area contributed by atoms with Gasteiger partial charge in [0.15, 0.2) is 0 Å². The molecule has 0 heterocycles. The summed E-state index contributed by atoms with van der Waals surface area (Å²) in [4.78, 5) is 0. The average molecular weight is 220 g/mol. The van der Waals surface area contributed by atoms with Gasteiger partial charge >= 0.3 is 0 Å². The van der Waals surface area contributed by atoms with Gasteiger partial charge in [0.1, 0.15) is 5.75 Å². The van der Waals surface area contributed by atoms with Gasteiger partial charge < -0.3 is 4.74 Å². The SMILES string of the molecule is CCC(C)(C)Cc1ccccc1OC(C)C. The third kappa shape index (κ3) is 3.88. The molecular weight excluding hydrogens is 196 g/mol. The van der Waals surface area contributed by atoms with Crippen molar-refractivity contribution >= 4 is 0 Å². The Morgan fingerprint density at radius 3 is 2.38 bits per heavy atom. The van der Waals surface area contributed by atoms with E-state index in [1.54, 1.807) is 0 Å². The molecule has 0 aromatic heterocycles. The van der Waals surface area contributed by atoms with E-state index < -0.39 is 0 Å². The highest BCUT2D eigenvalue weighted by Crippen LogP contribution is 2.30. The number of hydrogen-bond acceptors (Lipinski definition) is 1. The molecule has 0 radical (unpaired) electrons. The van der Waals surface area contributed by atoms with Crippen LogP contribution in [0.2, 0.25) is 0 Å². The maximum Gasteiger partial charge on any atom is 0.122 e. The highest BCUT2D eigenvalue weighted by molar-refractivity contribution is 5.34. The summed E-state index contributed by atoms with van der Waals surface area (Å²) in [5.74, 6) is 1.04. The molecule has 0 saturated carbocycles. The van der Waals surface area contributed by atoms with Gasteiger partial charge in [0.25, 0.3) is 0 Å². The average Bonchev–Trinajstić information content (AvgIpc) is 2.20. The van der Waals surface area contributed by atoms with Gasteiger partial charge in [-0.2, -0.15) is 0 Å². The number of ether oxygens (including phenoxy) is 1. The van der Waals surface area contributed by atoms with Gasteiger partial charge in [0.2, 0.25) is 0 Å². The van der Waals surface area contributed by atoms with Crippen LogP contribution < -0.4 is 4.74 Å². The largest absolute Gasteiger partial charge is 0.491 e. The minimum atomic E-state index is 0.242. The number of hydrogen-bond donors (Lipinski definition) is 0. The van der Waals surface area contributed by atoms with E-state index in [0.717, 1.165) is 12.2 Å². The Bertz CT molecular complexity index is 326. The third-order valence-corrected chi connectivity index (χ3v) is 2.96. The van der Waals surface area contributed by atoms with Crippen LogP contribution in [0.5, 0.6) is 5.75 Å². The van der Waals surface area contributed by atoms with Crippen molar-refractivity contribution in [1.82, 2.24) is 0 Å². The highest BCUT2D eigenvalue weighted by Gasteiger charge is 2.18. The van der Waals surface area contributed by atoms with E-state index in [4.69, 9.17) is 4.74 Å². The van der Waals surface area contributed by atoms with Gasteiger partial charge in [0.05, 0.1) is 6.10 Å². The first-order chi connectivity index (χ1) is 7.44. The molecule has 0 saturated heterocycles. The second-order valence-corrected chi connectivity index (χ2v) is 5.47. The minimum absolute atomic E-state index is 0.242. The minimum Gasteiger partial charge on any atom is -0.491 e. The molecule has 0 atom stereocenters. The zero-order chi connectivity index (χ0) is 12.2. The second-order valence-electron chi connectivity index (χ2n) is 5.47. The summed E-state index contributed by atoms with van der Waals surface area (Å²) < 4.78 is 5.84. The smallest absolute Gasteiger partial charge is 0.122 e. The first-order valence-corrected chi connectivity index (χ1v) is 6.19. The molecule has 1 aromatic rings. The maximum atomic E-state index is 5.84. The van der Waals surface area contributed by atoms with Crippen molar-refractivity contribution in [1.29, 1.82) is 0 Å². The summed E-state index contributed by atoms with van der Waals surface area (Å²) >= 11 is 0. The molecule has 0 spiro atoms. The Morgan fingerprint density at radius 2 is 1.81 bits per heavy atom. The van der Waals surface area contributed by atoms with Crippen molar-refractivity contribution in [2.75, 3.05) is 0 Å². The molecule has 0 amide bonds. The van der Waals surface area contributed by atoms with Crippen molar-refractivity contribution in [3.63, 3.8) is 0 Å². The maximum absolute atomic E-state index is 5.84. The normalized spacial score (nSPS) is 11.9. The lowest BCUT2D eigenvalue weighted by atomic mass is 9.83. The number of para-hydroxylation sites is 1. The van der Waals surface area contributed by atoms with Crippen LogP contribution in [0.3, 0.4) is 0 Å². The zero-order valence-electron chi connectivity index (χ0n) is 11.2. The first-order valence-electron chi connectivity index (χ1n) is 6.19. The molecule has 0 aliphatic rings. The Hall–Kier alpha value is -0.980. The van der Waals surface area contributed by atoms with Crippen molar-refractivity contribution in [3.05, 3.63) is 29.8 Å². The fraction of sp³-hybridized carbons (Fsp3) is 0.600. The Morgan fingerprint density at radius 1 is 1.19 bits per heavy atom. The molecule has 0 aliphatic carbocycles.